The van der Waals surface area contributed by atoms with Gasteiger partial charge in [-0.2, -0.15) is 0 Å². The molecule has 0 N–H and O–H groups in total. The van der Waals surface area contributed by atoms with Crippen molar-refractivity contribution in [2.45, 2.75) is 52.4 Å². The van der Waals surface area contributed by atoms with Crippen molar-refractivity contribution < 1.29 is 4.74 Å². The summed E-state index contributed by atoms with van der Waals surface area (Å²) in [5, 5.41) is 0. The Labute approximate surface area is 158 Å². The molecule has 26 heavy (non-hydrogen) atoms. The minimum atomic E-state index is 0.794. The van der Waals surface area contributed by atoms with Gasteiger partial charge < -0.3 is 4.74 Å². The number of benzene rings is 2. The normalized spacial score (nSPS) is 9.62. The van der Waals surface area contributed by atoms with Crippen LogP contribution in [0.3, 0.4) is 0 Å². The molecule has 2 aromatic carbocycles. The highest BCUT2D eigenvalue weighted by Gasteiger charge is 1.95. The van der Waals surface area contributed by atoms with E-state index in [0.29, 0.717) is 0 Å². The second-order valence-corrected chi connectivity index (χ2v) is 6.27. The van der Waals surface area contributed by atoms with E-state index in [4.69, 9.17) is 4.74 Å². The van der Waals surface area contributed by atoms with Gasteiger partial charge in [-0.15, -0.1) is 0 Å². The number of hydrogen-bond donors (Lipinski definition) is 0. The van der Waals surface area contributed by atoms with Gasteiger partial charge in [0.25, 0.3) is 0 Å². The molecule has 0 radical (unpaired) electrons. The molecule has 1 heteroatoms. The van der Waals surface area contributed by atoms with E-state index in [9.17, 15) is 0 Å². The van der Waals surface area contributed by atoms with E-state index in [-0.39, 0.29) is 0 Å². The second-order valence-electron chi connectivity index (χ2n) is 6.27. The Morgan fingerprint density at radius 2 is 1.19 bits per heavy atom. The summed E-state index contributed by atoms with van der Waals surface area (Å²) in [6.07, 6.45) is 7.16. The fraction of sp³-hybridized carbons (Fsp3) is 0.360. The van der Waals surface area contributed by atoms with Crippen LogP contribution in [0.15, 0.2) is 48.5 Å². The molecule has 0 aliphatic rings. The van der Waals surface area contributed by atoms with Gasteiger partial charge in [-0.25, -0.2) is 0 Å². The molecule has 0 heterocycles. The van der Waals surface area contributed by atoms with E-state index < -0.39 is 0 Å². The van der Waals surface area contributed by atoms with Gasteiger partial charge in [0.05, 0.1) is 6.61 Å². The van der Waals surface area contributed by atoms with Gasteiger partial charge in [0.15, 0.2) is 0 Å². The molecule has 0 saturated carbocycles. The first-order valence-electron chi connectivity index (χ1n) is 9.65. The van der Waals surface area contributed by atoms with Crippen LogP contribution in [0.25, 0.3) is 0 Å². The summed E-state index contributed by atoms with van der Waals surface area (Å²) in [5.74, 6) is 13.5. The van der Waals surface area contributed by atoms with Crippen molar-refractivity contribution >= 4 is 0 Å². The van der Waals surface area contributed by atoms with Crippen LogP contribution in [0.1, 0.15) is 69.1 Å². The van der Waals surface area contributed by atoms with Crippen LogP contribution in [0.2, 0.25) is 0 Å². The zero-order chi connectivity index (χ0) is 18.5. The molecule has 0 bridgehead atoms. The Hall–Kier alpha value is -2.64. The SMILES string of the molecule is CCC#Cc1ccc(C#Cc2ccc(OCCCCCCC)cc2)cc1. The molecule has 0 aromatic heterocycles. The third-order valence-corrected chi connectivity index (χ3v) is 4.02. The zero-order valence-corrected chi connectivity index (χ0v) is 16.0. The largest absolute Gasteiger partial charge is 0.494 e. The molecule has 0 aliphatic heterocycles. The van der Waals surface area contributed by atoms with Gasteiger partial charge in [-0.3, -0.25) is 0 Å². The molecular weight excluding hydrogens is 316 g/mol. The highest BCUT2D eigenvalue weighted by atomic mass is 16.5. The van der Waals surface area contributed by atoms with Crippen molar-refractivity contribution in [2.75, 3.05) is 6.61 Å². The van der Waals surface area contributed by atoms with Crippen molar-refractivity contribution in [1.82, 2.24) is 0 Å². The molecule has 0 amide bonds. The number of ether oxygens (including phenoxy) is 1. The Bertz CT molecular complexity index is 761. The van der Waals surface area contributed by atoms with Gasteiger partial charge in [-0.05, 0) is 55.0 Å². The Kier molecular flexibility index (Phi) is 8.96. The summed E-state index contributed by atoms with van der Waals surface area (Å²) >= 11 is 0. The molecule has 0 saturated heterocycles. The van der Waals surface area contributed by atoms with Crippen LogP contribution < -0.4 is 4.74 Å². The van der Waals surface area contributed by atoms with E-state index in [2.05, 4.69) is 37.5 Å². The van der Waals surface area contributed by atoms with Crippen molar-refractivity contribution in [3.63, 3.8) is 0 Å². The second kappa shape index (κ2) is 11.8. The maximum absolute atomic E-state index is 5.79. The van der Waals surface area contributed by atoms with Crippen LogP contribution in [0, 0.1) is 23.7 Å². The lowest BCUT2D eigenvalue weighted by molar-refractivity contribution is 0.304. The van der Waals surface area contributed by atoms with Gasteiger partial charge in [0.1, 0.15) is 5.75 Å². The predicted octanol–water partition coefficient (Wildman–Crippen LogP) is 6.20. The number of unbranched alkanes of at least 4 members (excludes halogenated alkanes) is 4. The summed E-state index contributed by atoms with van der Waals surface area (Å²) in [5.41, 5.74) is 3.03. The summed E-state index contributed by atoms with van der Waals surface area (Å²) in [6.45, 7) is 5.08. The average Bonchev–Trinajstić information content (AvgIpc) is 2.69. The third kappa shape index (κ3) is 7.50. The maximum atomic E-state index is 5.79. The van der Waals surface area contributed by atoms with Gasteiger partial charge in [0.2, 0.25) is 0 Å². The first-order valence-corrected chi connectivity index (χ1v) is 9.65. The van der Waals surface area contributed by atoms with Crippen LogP contribution in [0.5, 0.6) is 5.75 Å². The molecular formula is C25H28O. The minimum absolute atomic E-state index is 0.794. The van der Waals surface area contributed by atoms with Crippen LogP contribution in [-0.2, 0) is 0 Å². The molecule has 1 nitrogen and oxygen atoms in total. The highest BCUT2D eigenvalue weighted by molar-refractivity contribution is 5.46. The number of hydrogen-bond acceptors (Lipinski definition) is 1. The third-order valence-electron chi connectivity index (χ3n) is 4.02. The first-order chi connectivity index (χ1) is 12.8. The van der Waals surface area contributed by atoms with E-state index in [1.54, 1.807) is 0 Å². The lowest BCUT2D eigenvalue weighted by atomic mass is 10.1. The maximum Gasteiger partial charge on any atom is 0.119 e. The Morgan fingerprint density at radius 3 is 1.77 bits per heavy atom. The fourth-order valence-corrected chi connectivity index (χ4v) is 2.50. The summed E-state index contributed by atoms with van der Waals surface area (Å²) in [4.78, 5) is 0. The Morgan fingerprint density at radius 1 is 0.654 bits per heavy atom. The Balaban J connectivity index is 1.83. The minimum Gasteiger partial charge on any atom is -0.494 e. The van der Waals surface area contributed by atoms with Crippen LogP contribution in [0.4, 0.5) is 0 Å². The van der Waals surface area contributed by atoms with Gasteiger partial charge >= 0.3 is 0 Å². The average molecular weight is 344 g/mol. The smallest absolute Gasteiger partial charge is 0.119 e. The molecule has 0 unspecified atom stereocenters. The van der Waals surface area contributed by atoms with E-state index in [0.717, 1.165) is 41.9 Å². The van der Waals surface area contributed by atoms with Crippen LogP contribution in [-0.4, -0.2) is 6.61 Å². The summed E-state index contributed by atoms with van der Waals surface area (Å²) in [7, 11) is 0. The summed E-state index contributed by atoms with van der Waals surface area (Å²) in [6, 6.07) is 16.1. The van der Waals surface area contributed by atoms with Crippen molar-refractivity contribution in [3.05, 3.63) is 65.2 Å². The molecule has 0 atom stereocenters. The van der Waals surface area contributed by atoms with E-state index in [1.807, 2.05) is 48.5 Å². The number of rotatable bonds is 7. The first kappa shape index (κ1) is 19.7. The molecule has 0 spiro atoms. The predicted molar refractivity (Wildman–Crippen MR) is 110 cm³/mol. The van der Waals surface area contributed by atoms with E-state index >= 15 is 0 Å². The summed E-state index contributed by atoms with van der Waals surface area (Å²) < 4.78 is 5.79. The highest BCUT2D eigenvalue weighted by Crippen LogP contribution is 2.13. The van der Waals surface area contributed by atoms with Crippen molar-refractivity contribution in [3.8, 4) is 29.4 Å². The van der Waals surface area contributed by atoms with E-state index in [1.165, 1.54) is 25.7 Å². The fourth-order valence-electron chi connectivity index (χ4n) is 2.50. The van der Waals surface area contributed by atoms with Crippen molar-refractivity contribution in [2.24, 2.45) is 0 Å². The monoisotopic (exact) mass is 344 g/mol. The van der Waals surface area contributed by atoms with Gasteiger partial charge in [0, 0.05) is 23.1 Å². The lowest BCUT2D eigenvalue weighted by Crippen LogP contribution is -1.97. The molecule has 0 fully saturated rings. The topological polar surface area (TPSA) is 9.23 Å². The molecule has 134 valence electrons. The van der Waals surface area contributed by atoms with Crippen molar-refractivity contribution in [1.29, 1.82) is 0 Å². The van der Waals surface area contributed by atoms with Crippen LogP contribution >= 0.6 is 0 Å². The molecule has 2 aromatic rings. The molecule has 0 aliphatic carbocycles. The standard InChI is InChI=1S/C25H28O/c1-3-5-7-8-9-21-26-25-19-17-24(18-20-25)16-15-23-13-11-22(12-14-23)10-6-4-2/h11-14,17-20H,3-5,7-9,21H2,1-2H3. The zero-order valence-electron chi connectivity index (χ0n) is 16.0. The lowest BCUT2D eigenvalue weighted by Gasteiger charge is -2.05. The quantitative estimate of drug-likeness (QED) is 0.429. The van der Waals surface area contributed by atoms with Gasteiger partial charge in [-0.1, -0.05) is 63.2 Å². The molecule has 2 rings (SSSR count).